The highest BCUT2D eigenvalue weighted by molar-refractivity contribution is 7.82. The van der Waals surface area contributed by atoms with Crippen LogP contribution in [0.1, 0.15) is 18.4 Å². The molecular formula is C13H16N2OS. The number of carbonyl (C=O) groups excluding carboxylic acids is 1. The number of nitrogens with zero attached hydrogens (tertiary/aromatic N) is 1. The van der Waals surface area contributed by atoms with Crippen molar-refractivity contribution in [3.63, 3.8) is 0 Å². The van der Waals surface area contributed by atoms with Gasteiger partial charge in [-0.15, -0.1) is 0 Å². The summed E-state index contributed by atoms with van der Waals surface area (Å²) in [4.78, 5) is 14.3. The maximum Gasteiger partial charge on any atom is 0.283 e. The molecule has 1 heterocycles. The molecular weight excluding hydrogens is 232 g/mol. The van der Waals surface area contributed by atoms with E-state index < -0.39 is 0 Å². The summed E-state index contributed by atoms with van der Waals surface area (Å²) in [6.07, 6.45) is 2.25. The van der Waals surface area contributed by atoms with E-state index in [1.807, 2.05) is 36.1 Å². The average molecular weight is 248 g/mol. The zero-order valence-corrected chi connectivity index (χ0v) is 10.7. The first-order chi connectivity index (χ1) is 8.16. The van der Waals surface area contributed by atoms with Gasteiger partial charge in [0, 0.05) is 18.8 Å². The van der Waals surface area contributed by atoms with Crippen LogP contribution >= 0.6 is 12.2 Å². The van der Waals surface area contributed by atoms with Crippen molar-refractivity contribution in [3.8, 4) is 0 Å². The van der Waals surface area contributed by atoms with E-state index in [1.165, 1.54) is 5.56 Å². The zero-order valence-electron chi connectivity index (χ0n) is 9.90. The number of anilines is 1. The van der Waals surface area contributed by atoms with Gasteiger partial charge in [-0.1, -0.05) is 29.9 Å². The Morgan fingerprint density at radius 1 is 1.24 bits per heavy atom. The van der Waals surface area contributed by atoms with Gasteiger partial charge in [0.05, 0.1) is 0 Å². The molecule has 1 aromatic rings. The number of carbonyl (C=O) groups is 1. The Bertz CT molecular complexity index is 422. The van der Waals surface area contributed by atoms with Crippen LogP contribution in [0.3, 0.4) is 0 Å². The van der Waals surface area contributed by atoms with Gasteiger partial charge >= 0.3 is 0 Å². The van der Waals surface area contributed by atoms with E-state index in [4.69, 9.17) is 12.2 Å². The second-order valence-electron chi connectivity index (χ2n) is 4.32. The second-order valence-corrected chi connectivity index (χ2v) is 4.71. The monoisotopic (exact) mass is 248 g/mol. The van der Waals surface area contributed by atoms with Crippen LogP contribution in [-0.2, 0) is 4.79 Å². The Hall–Kier alpha value is -1.42. The lowest BCUT2D eigenvalue weighted by Crippen LogP contribution is -2.36. The first kappa shape index (κ1) is 12.0. The molecule has 1 fully saturated rings. The summed E-state index contributed by atoms with van der Waals surface area (Å²) in [6.45, 7) is 3.82. The van der Waals surface area contributed by atoms with E-state index in [1.54, 1.807) is 0 Å². The molecule has 0 radical (unpaired) electrons. The van der Waals surface area contributed by atoms with Gasteiger partial charge in [-0.25, -0.2) is 0 Å². The number of thiocarbonyl (C=S) groups is 1. The summed E-state index contributed by atoms with van der Waals surface area (Å²) in [5.41, 5.74) is 1.97. The molecule has 0 bridgehead atoms. The van der Waals surface area contributed by atoms with Crippen LogP contribution in [0.4, 0.5) is 5.69 Å². The SMILES string of the molecule is Cc1ccc(NC(=O)C(=S)N2CCCC2)cc1. The molecule has 0 atom stereocenters. The quantitative estimate of drug-likeness (QED) is 0.774. The van der Waals surface area contributed by atoms with Crippen molar-refractivity contribution < 1.29 is 4.79 Å². The van der Waals surface area contributed by atoms with Gasteiger partial charge in [-0.2, -0.15) is 0 Å². The van der Waals surface area contributed by atoms with Crippen molar-refractivity contribution in [3.05, 3.63) is 29.8 Å². The number of amides is 1. The van der Waals surface area contributed by atoms with Crippen LogP contribution < -0.4 is 5.32 Å². The highest BCUT2D eigenvalue weighted by Crippen LogP contribution is 2.12. The van der Waals surface area contributed by atoms with Gasteiger partial charge < -0.3 is 10.2 Å². The smallest absolute Gasteiger partial charge is 0.283 e. The molecule has 0 aromatic heterocycles. The molecule has 3 nitrogen and oxygen atoms in total. The third kappa shape index (κ3) is 3.03. The van der Waals surface area contributed by atoms with E-state index in [2.05, 4.69) is 5.32 Å². The van der Waals surface area contributed by atoms with E-state index in [0.29, 0.717) is 4.99 Å². The van der Waals surface area contributed by atoms with Crippen molar-refractivity contribution in [2.45, 2.75) is 19.8 Å². The van der Waals surface area contributed by atoms with Crippen LogP contribution in [0, 0.1) is 6.92 Å². The number of nitrogens with one attached hydrogen (secondary N) is 1. The van der Waals surface area contributed by atoms with Crippen molar-refractivity contribution >= 4 is 28.8 Å². The van der Waals surface area contributed by atoms with Crippen LogP contribution in [0.2, 0.25) is 0 Å². The first-order valence-corrected chi connectivity index (χ1v) is 6.24. The molecule has 90 valence electrons. The number of likely N-dealkylation sites (tertiary alicyclic amines) is 1. The minimum atomic E-state index is -0.175. The van der Waals surface area contributed by atoms with Gasteiger partial charge in [-0.05, 0) is 31.9 Å². The van der Waals surface area contributed by atoms with Gasteiger partial charge in [0.25, 0.3) is 5.91 Å². The number of hydrogen-bond acceptors (Lipinski definition) is 2. The van der Waals surface area contributed by atoms with Crippen LogP contribution in [0.15, 0.2) is 24.3 Å². The molecule has 0 saturated carbocycles. The standard InChI is InChI=1S/C13H16N2OS/c1-10-4-6-11(7-5-10)14-12(16)13(17)15-8-2-3-9-15/h4-7H,2-3,8-9H2,1H3,(H,14,16). The largest absolute Gasteiger partial charge is 0.358 e. The topological polar surface area (TPSA) is 32.3 Å². The van der Waals surface area contributed by atoms with E-state index in [9.17, 15) is 4.79 Å². The van der Waals surface area contributed by atoms with Gasteiger partial charge in [0.15, 0.2) is 4.99 Å². The summed E-state index contributed by atoms with van der Waals surface area (Å²) in [6, 6.07) is 7.71. The van der Waals surface area contributed by atoms with Crippen molar-refractivity contribution in [2.24, 2.45) is 0 Å². The van der Waals surface area contributed by atoms with Crippen molar-refractivity contribution in [1.29, 1.82) is 0 Å². The van der Waals surface area contributed by atoms with Gasteiger partial charge in [-0.3, -0.25) is 4.79 Å². The Morgan fingerprint density at radius 3 is 2.41 bits per heavy atom. The first-order valence-electron chi connectivity index (χ1n) is 5.84. The second kappa shape index (κ2) is 5.27. The minimum Gasteiger partial charge on any atom is -0.358 e. The third-order valence-electron chi connectivity index (χ3n) is 2.90. The van der Waals surface area contributed by atoms with E-state index >= 15 is 0 Å². The predicted octanol–water partition coefficient (Wildman–Crippen LogP) is 2.36. The van der Waals surface area contributed by atoms with Crippen LogP contribution in [0.5, 0.6) is 0 Å². The number of aryl methyl sites for hydroxylation is 1. The lowest BCUT2D eigenvalue weighted by molar-refractivity contribution is -0.110. The van der Waals surface area contributed by atoms with Crippen molar-refractivity contribution in [2.75, 3.05) is 18.4 Å². The molecule has 1 aromatic carbocycles. The summed E-state index contributed by atoms with van der Waals surface area (Å²) in [7, 11) is 0. The van der Waals surface area contributed by atoms with E-state index in [-0.39, 0.29) is 5.91 Å². The maximum absolute atomic E-state index is 11.9. The van der Waals surface area contributed by atoms with Gasteiger partial charge in [0.1, 0.15) is 0 Å². The summed E-state index contributed by atoms with van der Waals surface area (Å²) >= 11 is 5.18. The number of benzene rings is 1. The molecule has 1 aliphatic rings. The third-order valence-corrected chi connectivity index (χ3v) is 3.34. The van der Waals surface area contributed by atoms with E-state index in [0.717, 1.165) is 31.6 Å². The Kier molecular flexibility index (Phi) is 3.74. The molecule has 17 heavy (non-hydrogen) atoms. The Morgan fingerprint density at radius 2 is 1.82 bits per heavy atom. The van der Waals surface area contributed by atoms with Crippen LogP contribution in [-0.4, -0.2) is 28.9 Å². The normalized spacial score (nSPS) is 14.8. The summed E-state index contributed by atoms with van der Waals surface area (Å²) in [5, 5.41) is 2.82. The lowest BCUT2D eigenvalue weighted by atomic mass is 10.2. The molecule has 2 rings (SSSR count). The predicted molar refractivity (Wildman–Crippen MR) is 73.2 cm³/mol. The van der Waals surface area contributed by atoms with Crippen LogP contribution in [0.25, 0.3) is 0 Å². The fourth-order valence-electron chi connectivity index (χ4n) is 1.89. The maximum atomic E-state index is 11.9. The molecule has 0 spiro atoms. The molecule has 0 unspecified atom stereocenters. The highest BCUT2D eigenvalue weighted by Gasteiger charge is 2.20. The Labute approximate surface area is 107 Å². The molecule has 4 heteroatoms. The van der Waals surface area contributed by atoms with Crippen molar-refractivity contribution in [1.82, 2.24) is 4.90 Å². The molecule has 1 aliphatic heterocycles. The highest BCUT2D eigenvalue weighted by atomic mass is 32.1. The molecule has 1 amide bonds. The number of rotatable bonds is 1. The lowest BCUT2D eigenvalue weighted by Gasteiger charge is -2.17. The fraction of sp³-hybridized carbons (Fsp3) is 0.385. The number of hydrogen-bond donors (Lipinski definition) is 1. The minimum absolute atomic E-state index is 0.175. The fourth-order valence-corrected chi connectivity index (χ4v) is 2.12. The zero-order chi connectivity index (χ0) is 12.3. The summed E-state index contributed by atoms with van der Waals surface area (Å²) in [5.74, 6) is -0.175. The van der Waals surface area contributed by atoms with Gasteiger partial charge in [0.2, 0.25) is 0 Å². The molecule has 1 saturated heterocycles. The average Bonchev–Trinajstić information content (AvgIpc) is 2.84. The molecule has 1 N–H and O–H groups in total. The summed E-state index contributed by atoms with van der Waals surface area (Å²) < 4.78 is 0. The molecule has 0 aliphatic carbocycles. The Balaban J connectivity index is 1.96.